The van der Waals surface area contributed by atoms with Crippen molar-refractivity contribution < 1.29 is 19.8 Å². The van der Waals surface area contributed by atoms with Gasteiger partial charge in [-0.05, 0) is 12.1 Å². The highest BCUT2D eigenvalue weighted by molar-refractivity contribution is 6.33. The fraction of sp³-hybridized carbons (Fsp3) is 0. The van der Waals surface area contributed by atoms with Crippen LogP contribution in [0.25, 0.3) is 0 Å². The molecule has 0 bridgehead atoms. The Morgan fingerprint density at radius 2 is 1.75 bits per heavy atom. The molecule has 1 aromatic carbocycles. The van der Waals surface area contributed by atoms with Crippen molar-refractivity contribution in [3.05, 3.63) is 24.3 Å². The van der Waals surface area contributed by atoms with Crippen molar-refractivity contribution in [2.45, 2.75) is 0 Å². The van der Waals surface area contributed by atoms with E-state index in [-0.39, 0.29) is 17.6 Å². The molecule has 0 aliphatic heterocycles. The number of phenolic OH excluding ortho intramolecular Hbond substituents is 1. The molecular formula is C6H10BNO4. The third kappa shape index (κ3) is 2.79. The molecule has 0 aromatic heterocycles. The maximum absolute atomic E-state index is 9.01. The summed E-state index contributed by atoms with van der Waals surface area (Å²) in [5, 5.41) is 25.7. The van der Waals surface area contributed by atoms with Crippen LogP contribution in [0.15, 0.2) is 24.3 Å². The molecule has 0 aliphatic rings. The molecule has 0 aliphatic carbocycles. The molecule has 0 saturated carbocycles. The summed E-state index contributed by atoms with van der Waals surface area (Å²) in [6.45, 7) is 0. The van der Waals surface area contributed by atoms with Crippen molar-refractivity contribution in [2.24, 2.45) is 0 Å². The highest BCUT2D eigenvalue weighted by Crippen LogP contribution is 2.24. The minimum Gasteiger partial charge on any atom is -0.509 e. The second kappa shape index (κ2) is 4.60. The number of aromatic hydroxyl groups is 1. The van der Waals surface area contributed by atoms with Crippen LogP contribution in [0.4, 0.5) is 0 Å². The Morgan fingerprint density at radius 1 is 1.17 bits per heavy atom. The molecule has 6 N–H and O–H groups in total. The predicted octanol–water partition coefficient (Wildman–Crippen LogP) is -0.0975. The molecular weight excluding hydrogens is 161 g/mol. The van der Waals surface area contributed by atoms with E-state index in [0.29, 0.717) is 0 Å². The van der Waals surface area contributed by atoms with Gasteiger partial charge in [-0.2, -0.15) is 0 Å². The van der Waals surface area contributed by atoms with Crippen LogP contribution in [0, 0.1) is 0 Å². The average Bonchev–Trinajstić information content (AvgIpc) is 1.93. The Bertz CT molecular complexity index is 243. The van der Waals surface area contributed by atoms with Gasteiger partial charge in [0.05, 0.1) is 0 Å². The summed E-state index contributed by atoms with van der Waals surface area (Å²) in [4.78, 5) is 0. The first-order chi connectivity index (χ1) is 5.20. The Labute approximate surface area is 70.0 Å². The summed E-state index contributed by atoms with van der Waals surface area (Å²) in [7, 11) is -1.90. The van der Waals surface area contributed by atoms with Gasteiger partial charge >= 0.3 is 7.32 Å². The molecule has 5 nitrogen and oxygen atoms in total. The largest absolute Gasteiger partial charge is 0.707 e. The maximum atomic E-state index is 9.01. The van der Waals surface area contributed by atoms with Crippen LogP contribution in [0.5, 0.6) is 11.5 Å². The summed E-state index contributed by atoms with van der Waals surface area (Å²) in [6.07, 6.45) is 0. The van der Waals surface area contributed by atoms with Crippen molar-refractivity contribution >= 4 is 7.32 Å². The van der Waals surface area contributed by atoms with Gasteiger partial charge in [-0.1, -0.05) is 12.1 Å². The average molecular weight is 171 g/mol. The monoisotopic (exact) mass is 171 g/mol. The minimum atomic E-state index is -1.90. The van der Waals surface area contributed by atoms with Crippen LogP contribution >= 0.6 is 0 Å². The molecule has 66 valence electrons. The van der Waals surface area contributed by atoms with Gasteiger partial charge in [-0.25, -0.2) is 0 Å². The summed E-state index contributed by atoms with van der Waals surface area (Å²) >= 11 is 0. The third-order valence-electron chi connectivity index (χ3n) is 1.10. The Morgan fingerprint density at radius 3 is 2.25 bits per heavy atom. The fourth-order valence-corrected chi connectivity index (χ4v) is 0.670. The highest BCUT2D eigenvalue weighted by atomic mass is 16.6. The van der Waals surface area contributed by atoms with Crippen LogP contribution in [0.3, 0.4) is 0 Å². The number of hydrogen-bond donors (Lipinski definition) is 4. The van der Waals surface area contributed by atoms with Gasteiger partial charge < -0.3 is 26.0 Å². The standard InChI is InChI=1S/C6H7BO4.H3N/c8-5-3-1-2-4-6(5)11-7(9)10;/h1-4,8-10H;1H3. The normalized spacial score (nSPS) is 8.50. The zero-order valence-corrected chi connectivity index (χ0v) is 6.34. The van der Waals surface area contributed by atoms with E-state index in [9.17, 15) is 0 Å². The van der Waals surface area contributed by atoms with Gasteiger partial charge in [0.2, 0.25) is 0 Å². The number of benzene rings is 1. The van der Waals surface area contributed by atoms with E-state index < -0.39 is 7.32 Å². The number of hydrogen-bond acceptors (Lipinski definition) is 5. The van der Waals surface area contributed by atoms with Gasteiger partial charge in [-0.3, -0.25) is 0 Å². The van der Waals surface area contributed by atoms with Crippen LogP contribution in [0.1, 0.15) is 0 Å². The van der Waals surface area contributed by atoms with Gasteiger partial charge in [0.15, 0.2) is 5.75 Å². The predicted molar refractivity (Wildman–Crippen MR) is 43.9 cm³/mol. The molecule has 0 radical (unpaired) electrons. The van der Waals surface area contributed by atoms with Crippen molar-refractivity contribution in [1.29, 1.82) is 0 Å². The number of rotatable bonds is 2. The van der Waals surface area contributed by atoms with E-state index in [1.165, 1.54) is 12.1 Å². The summed E-state index contributed by atoms with van der Waals surface area (Å²) in [5.74, 6) is -0.0805. The van der Waals surface area contributed by atoms with Crippen LogP contribution in [0.2, 0.25) is 0 Å². The molecule has 6 heteroatoms. The molecule has 0 unspecified atom stereocenters. The highest BCUT2D eigenvalue weighted by Gasteiger charge is 2.12. The van der Waals surface area contributed by atoms with E-state index in [0.717, 1.165) is 0 Å². The molecule has 1 aromatic rings. The zero-order valence-electron chi connectivity index (χ0n) is 6.34. The van der Waals surface area contributed by atoms with E-state index in [1.807, 2.05) is 0 Å². The first-order valence-corrected chi connectivity index (χ1v) is 3.01. The van der Waals surface area contributed by atoms with Crippen molar-refractivity contribution in [2.75, 3.05) is 0 Å². The lowest BCUT2D eigenvalue weighted by Gasteiger charge is -2.04. The summed E-state index contributed by atoms with van der Waals surface area (Å²) in [5.41, 5.74) is 0. The van der Waals surface area contributed by atoms with E-state index in [2.05, 4.69) is 4.65 Å². The van der Waals surface area contributed by atoms with Crippen molar-refractivity contribution in [3.63, 3.8) is 0 Å². The van der Waals surface area contributed by atoms with Gasteiger partial charge in [0.1, 0.15) is 5.75 Å². The van der Waals surface area contributed by atoms with E-state index >= 15 is 0 Å². The zero-order chi connectivity index (χ0) is 8.27. The van der Waals surface area contributed by atoms with Crippen LogP contribution in [-0.4, -0.2) is 22.5 Å². The first-order valence-electron chi connectivity index (χ1n) is 3.01. The van der Waals surface area contributed by atoms with Gasteiger partial charge in [-0.15, -0.1) is 0 Å². The van der Waals surface area contributed by atoms with E-state index in [1.54, 1.807) is 12.1 Å². The van der Waals surface area contributed by atoms with Crippen LogP contribution in [-0.2, 0) is 0 Å². The molecule has 0 heterocycles. The quantitative estimate of drug-likeness (QED) is 0.465. The lowest BCUT2D eigenvalue weighted by Crippen LogP contribution is -2.20. The van der Waals surface area contributed by atoms with Crippen LogP contribution < -0.4 is 10.8 Å². The Hall–Kier alpha value is -1.24. The maximum Gasteiger partial charge on any atom is 0.707 e. The lowest BCUT2D eigenvalue weighted by molar-refractivity contribution is 0.281. The summed E-state index contributed by atoms with van der Waals surface area (Å²) in [6, 6.07) is 6.02. The van der Waals surface area contributed by atoms with E-state index in [4.69, 9.17) is 15.2 Å². The van der Waals surface area contributed by atoms with Crippen molar-refractivity contribution in [3.8, 4) is 11.5 Å². The molecule has 1 rings (SSSR count). The summed E-state index contributed by atoms with van der Waals surface area (Å²) < 4.78 is 4.41. The SMILES string of the molecule is N.OB(O)Oc1ccccc1O. The van der Waals surface area contributed by atoms with Gasteiger partial charge in [0.25, 0.3) is 0 Å². The smallest absolute Gasteiger partial charge is 0.509 e. The second-order valence-corrected chi connectivity index (χ2v) is 1.91. The van der Waals surface area contributed by atoms with Gasteiger partial charge in [0, 0.05) is 0 Å². The first kappa shape index (κ1) is 10.8. The molecule has 0 atom stereocenters. The second-order valence-electron chi connectivity index (χ2n) is 1.91. The van der Waals surface area contributed by atoms with Crippen molar-refractivity contribution in [1.82, 2.24) is 6.15 Å². The topological polar surface area (TPSA) is 105 Å². The number of para-hydroxylation sites is 2. The Balaban J connectivity index is 0.00000121. The molecule has 0 saturated heterocycles. The minimum absolute atomic E-state index is 0. The molecule has 12 heavy (non-hydrogen) atoms. The fourth-order valence-electron chi connectivity index (χ4n) is 0.670. The number of phenols is 1. The Kier molecular flexibility index (Phi) is 4.13. The third-order valence-corrected chi connectivity index (χ3v) is 1.10. The lowest BCUT2D eigenvalue weighted by atomic mass is 10.2. The molecule has 0 fully saturated rings. The molecule has 0 spiro atoms. The molecule has 0 amide bonds.